The van der Waals surface area contributed by atoms with Crippen LogP contribution in [0.4, 0.5) is 0 Å². The normalized spacial score (nSPS) is 14.8. The molecule has 0 spiro atoms. The van der Waals surface area contributed by atoms with Crippen molar-refractivity contribution >= 4 is 0 Å². The van der Waals surface area contributed by atoms with Crippen LogP contribution in [0, 0.1) is 13.8 Å². The summed E-state index contributed by atoms with van der Waals surface area (Å²) < 4.78 is 0. The molecule has 1 aromatic carbocycles. The van der Waals surface area contributed by atoms with Crippen molar-refractivity contribution in [2.75, 3.05) is 0 Å². The van der Waals surface area contributed by atoms with E-state index in [1.54, 1.807) is 0 Å². The number of rotatable bonds is 5. The lowest BCUT2D eigenvalue weighted by Gasteiger charge is -2.17. The number of hydrogen-bond acceptors (Lipinski definition) is 2. The quantitative estimate of drug-likeness (QED) is 0.803. The lowest BCUT2D eigenvalue weighted by molar-refractivity contribution is 0.0148. The summed E-state index contributed by atoms with van der Waals surface area (Å²) >= 11 is 0. The molecule has 0 heterocycles. The highest BCUT2D eigenvalue weighted by atomic mass is 16.3. The van der Waals surface area contributed by atoms with Crippen molar-refractivity contribution in [3.63, 3.8) is 0 Å². The molecular weight excluding hydrogens is 200 g/mol. The van der Waals surface area contributed by atoms with Crippen LogP contribution in [0.25, 0.3) is 0 Å². The van der Waals surface area contributed by atoms with Crippen LogP contribution in [0.15, 0.2) is 18.2 Å². The first-order valence-corrected chi connectivity index (χ1v) is 5.96. The van der Waals surface area contributed by atoms with E-state index in [1.165, 1.54) is 11.1 Å². The third-order valence-electron chi connectivity index (χ3n) is 3.04. The van der Waals surface area contributed by atoms with Crippen molar-refractivity contribution < 1.29 is 10.2 Å². The molecule has 1 aromatic rings. The number of hydrogen-bond donors (Lipinski definition) is 2. The summed E-state index contributed by atoms with van der Waals surface area (Å²) in [5.41, 5.74) is 3.58. The first kappa shape index (κ1) is 13.2. The van der Waals surface area contributed by atoms with E-state index in [0.717, 1.165) is 12.0 Å². The molecule has 2 heteroatoms. The first-order chi connectivity index (χ1) is 7.54. The molecule has 0 aliphatic heterocycles. The highest BCUT2D eigenvalue weighted by Crippen LogP contribution is 2.14. The van der Waals surface area contributed by atoms with E-state index in [2.05, 4.69) is 26.0 Å². The zero-order valence-corrected chi connectivity index (χ0v) is 10.4. The average molecular weight is 222 g/mol. The second kappa shape index (κ2) is 6.02. The molecule has 2 unspecified atom stereocenters. The van der Waals surface area contributed by atoms with Crippen LogP contribution >= 0.6 is 0 Å². The van der Waals surface area contributed by atoms with Crippen molar-refractivity contribution in [1.29, 1.82) is 0 Å². The monoisotopic (exact) mass is 222 g/mol. The van der Waals surface area contributed by atoms with Crippen LogP contribution in [0.1, 0.15) is 36.5 Å². The van der Waals surface area contributed by atoms with Gasteiger partial charge in [-0.05, 0) is 37.0 Å². The molecule has 0 radical (unpaired) electrons. The maximum absolute atomic E-state index is 9.81. The van der Waals surface area contributed by atoms with Gasteiger partial charge >= 0.3 is 0 Å². The van der Waals surface area contributed by atoms with E-state index < -0.39 is 12.2 Å². The predicted octanol–water partition coefficient (Wildman–Crippen LogP) is 2.37. The van der Waals surface area contributed by atoms with Gasteiger partial charge in [0.25, 0.3) is 0 Å². The van der Waals surface area contributed by atoms with Crippen LogP contribution in [-0.2, 0) is 6.42 Å². The third-order valence-corrected chi connectivity index (χ3v) is 3.04. The van der Waals surface area contributed by atoms with E-state index in [9.17, 15) is 10.2 Å². The minimum absolute atomic E-state index is 0.530. The van der Waals surface area contributed by atoms with Gasteiger partial charge in [0.15, 0.2) is 0 Å². The molecule has 1 rings (SSSR count). The van der Waals surface area contributed by atoms with Crippen LogP contribution < -0.4 is 0 Å². The molecule has 90 valence electrons. The fraction of sp³-hybridized carbons (Fsp3) is 0.571. The van der Waals surface area contributed by atoms with E-state index in [-0.39, 0.29) is 0 Å². The minimum Gasteiger partial charge on any atom is -0.390 e. The molecule has 16 heavy (non-hydrogen) atoms. The SMILES string of the molecule is CCCC(O)C(O)Cc1ccc(C)c(C)c1. The van der Waals surface area contributed by atoms with Crippen molar-refractivity contribution in [3.05, 3.63) is 34.9 Å². The lowest BCUT2D eigenvalue weighted by Crippen LogP contribution is -2.27. The number of aliphatic hydroxyl groups excluding tert-OH is 2. The molecule has 0 aromatic heterocycles. The molecule has 2 nitrogen and oxygen atoms in total. The fourth-order valence-corrected chi connectivity index (χ4v) is 1.80. The summed E-state index contributed by atoms with van der Waals surface area (Å²) in [5, 5.41) is 19.5. The first-order valence-electron chi connectivity index (χ1n) is 5.96. The summed E-state index contributed by atoms with van der Waals surface area (Å²) in [4.78, 5) is 0. The Kier molecular flexibility index (Phi) is 4.97. The summed E-state index contributed by atoms with van der Waals surface area (Å²) in [6.07, 6.45) is 0.827. The summed E-state index contributed by atoms with van der Waals surface area (Å²) in [6, 6.07) is 6.16. The Morgan fingerprint density at radius 3 is 2.31 bits per heavy atom. The highest BCUT2D eigenvalue weighted by Gasteiger charge is 2.15. The van der Waals surface area contributed by atoms with Gasteiger partial charge in [-0.3, -0.25) is 0 Å². The molecular formula is C14H22O2. The zero-order chi connectivity index (χ0) is 12.1. The van der Waals surface area contributed by atoms with Gasteiger partial charge in [-0.1, -0.05) is 31.5 Å². The average Bonchev–Trinajstić information content (AvgIpc) is 2.24. The molecule has 0 fully saturated rings. The molecule has 2 atom stereocenters. The summed E-state index contributed by atoms with van der Waals surface area (Å²) in [5.74, 6) is 0. The minimum atomic E-state index is -0.651. The highest BCUT2D eigenvalue weighted by molar-refractivity contribution is 5.30. The topological polar surface area (TPSA) is 40.5 Å². The second-order valence-corrected chi connectivity index (χ2v) is 4.55. The summed E-state index contributed by atoms with van der Waals surface area (Å²) in [6.45, 7) is 6.14. The van der Waals surface area contributed by atoms with Crippen LogP contribution in [0.2, 0.25) is 0 Å². The van der Waals surface area contributed by atoms with Gasteiger partial charge in [-0.25, -0.2) is 0 Å². The standard InChI is InChI=1S/C14H22O2/c1-4-5-13(15)14(16)9-12-7-6-10(2)11(3)8-12/h6-8,13-16H,4-5,9H2,1-3H3. The maximum Gasteiger partial charge on any atom is 0.0839 e. The fourth-order valence-electron chi connectivity index (χ4n) is 1.80. The Labute approximate surface area is 97.9 Å². The van der Waals surface area contributed by atoms with Crippen molar-refractivity contribution in [2.45, 2.75) is 52.2 Å². The number of aryl methyl sites for hydroxylation is 2. The van der Waals surface area contributed by atoms with Gasteiger partial charge in [0, 0.05) is 6.42 Å². The van der Waals surface area contributed by atoms with Crippen molar-refractivity contribution in [2.24, 2.45) is 0 Å². The molecule has 0 bridgehead atoms. The third kappa shape index (κ3) is 3.62. The van der Waals surface area contributed by atoms with E-state index in [0.29, 0.717) is 12.8 Å². The van der Waals surface area contributed by atoms with Gasteiger partial charge in [-0.2, -0.15) is 0 Å². The smallest absolute Gasteiger partial charge is 0.0839 e. The van der Waals surface area contributed by atoms with E-state index in [4.69, 9.17) is 0 Å². The maximum atomic E-state index is 9.81. The number of aliphatic hydroxyl groups is 2. The Morgan fingerprint density at radius 2 is 1.75 bits per heavy atom. The van der Waals surface area contributed by atoms with Crippen molar-refractivity contribution in [1.82, 2.24) is 0 Å². The van der Waals surface area contributed by atoms with Gasteiger partial charge in [0.1, 0.15) is 0 Å². The molecule has 0 aliphatic rings. The molecule has 2 N–H and O–H groups in total. The van der Waals surface area contributed by atoms with Gasteiger partial charge in [0.05, 0.1) is 12.2 Å². The number of benzene rings is 1. The Hall–Kier alpha value is -0.860. The van der Waals surface area contributed by atoms with Gasteiger partial charge in [0.2, 0.25) is 0 Å². The Balaban J connectivity index is 2.62. The van der Waals surface area contributed by atoms with Crippen LogP contribution in [-0.4, -0.2) is 22.4 Å². The predicted molar refractivity (Wildman–Crippen MR) is 66.5 cm³/mol. The molecule has 0 amide bonds. The largest absolute Gasteiger partial charge is 0.390 e. The Morgan fingerprint density at radius 1 is 1.06 bits per heavy atom. The van der Waals surface area contributed by atoms with E-state index in [1.807, 2.05) is 13.0 Å². The van der Waals surface area contributed by atoms with Gasteiger partial charge < -0.3 is 10.2 Å². The lowest BCUT2D eigenvalue weighted by atomic mass is 9.98. The van der Waals surface area contributed by atoms with Crippen molar-refractivity contribution in [3.8, 4) is 0 Å². The summed E-state index contributed by atoms with van der Waals surface area (Å²) in [7, 11) is 0. The molecule has 0 aliphatic carbocycles. The zero-order valence-electron chi connectivity index (χ0n) is 10.4. The van der Waals surface area contributed by atoms with Crippen LogP contribution in [0.3, 0.4) is 0 Å². The van der Waals surface area contributed by atoms with E-state index >= 15 is 0 Å². The van der Waals surface area contributed by atoms with Gasteiger partial charge in [-0.15, -0.1) is 0 Å². The van der Waals surface area contributed by atoms with Crippen LogP contribution in [0.5, 0.6) is 0 Å². The second-order valence-electron chi connectivity index (χ2n) is 4.55. The molecule has 0 saturated heterocycles. The Bertz CT molecular complexity index is 334. The molecule has 0 saturated carbocycles.